The molecule has 1 aliphatic carbocycles. The number of para-hydroxylation sites is 2. The second-order valence-corrected chi connectivity index (χ2v) is 7.96. The van der Waals surface area contributed by atoms with E-state index >= 15 is 0 Å². The number of methoxy groups -OCH3 is 1. The molecule has 0 aromatic heterocycles. The van der Waals surface area contributed by atoms with Gasteiger partial charge in [-0.25, -0.2) is 0 Å². The van der Waals surface area contributed by atoms with Gasteiger partial charge in [0.2, 0.25) is 5.91 Å². The molecule has 0 saturated heterocycles. The Morgan fingerprint density at radius 1 is 1.19 bits per heavy atom. The number of nitrogens with one attached hydrogen (secondary N) is 1. The van der Waals surface area contributed by atoms with Gasteiger partial charge in [-0.2, -0.15) is 0 Å². The molecule has 0 radical (unpaired) electrons. The highest BCUT2D eigenvalue weighted by molar-refractivity contribution is 6.02. The maximum atomic E-state index is 12.7. The van der Waals surface area contributed by atoms with Crippen LogP contribution in [0.3, 0.4) is 0 Å². The number of ether oxygens (including phenoxy) is 3. The Labute approximate surface area is 182 Å². The van der Waals surface area contributed by atoms with E-state index in [0.29, 0.717) is 17.2 Å². The number of hydrogen-bond donors (Lipinski definition) is 1. The predicted octanol–water partition coefficient (Wildman–Crippen LogP) is 3.62. The van der Waals surface area contributed by atoms with E-state index < -0.39 is 0 Å². The molecule has 1 fully saturated rings. The van der Waals surface area contributed by atoms with E-state index in [-0.39, 0.29) is 37.1 Å². The van der Waals surface area contributed by atoms with E-state index in [4.69, 9.17) is 14.2 Å². The number of nitrogens with zero attached hydrogens (tertiary/aromatic N) is 1. The maximum absolute atomic E-state index is 12.7. The van der Waals surface area contributed by atoms with Crippen LogP contribution in [0.1, 0.15) is 44.2 Å². The molecule has 0 bridgehead atoms. The standard InChI is InChI=1S/C24H28N2O5/c1-16(17-11-12-21(22(13-17)29-2)31-18-7-3-4-8-18)25-23(27)14-26-19-9-5-6-10-20(19)30-15-24(26)28/h5-6,9-13,16,18H,3-4,7-8,14-15H2,1-2H3,(H,25,27). The van der Waals surface area contributed by atoms with E-state index in [1.807, 2.05) is 37.3 Å². The summed E-state index contributed by atoms with van der Waals surface area (Å²) in [6, 6.07) is 12.7. The number of hydrogen-bond acceptors (Lipinski definition) is 5. The summed E-state index contributed by atoms with van der Waals surface area (Å²) < 4.78 is 17.0. The molecule has 0 spiro atoms. The van der Waals surface area contributed by atoms with Gasteiger partial charge in [0, 0.05) is 0 Å². The maximum Gasteiger partial charge on any atom is 0.265 e. The van der Waals surface area contributed by atoms with Crippen molar-refractivity contribution in [1.29, 1.82) is 0 Å². The van der Waals surface area contributed by atoms with Gasteiger partial charge in [0.25, 0.3) is 5.91 Å². The average Bonchev–Trinajstić information content (AvgIpc) is 3.29. The van der Waals surface area contributed by atoms with Crippen LogP contribution in [0.4, 0.5) is 5.69 Å². The Morgan fingerprint density at radius 3 is 2.74 bits per heavy atom. The number of benzene rings is 2. The molecule has 1 atom stereocenters. The SMILES string of the molecule is COc1cc(C(C)NC(=O)CN2C(=O)COc3ccccc32)ccc1OC1CCCC1. The Hall–Kier alpha value is -3.22. The van der Waals surface area contributed by atoms with Crippen molar-refractivity contribution < 1.29 is 23.8 Å². The van der Waals surface area contributed by atoms with Gasteiger partial charge in [0.05, 0.1) is 24.9 Å². The molecule has 1 saturated carbocycles. The van der Waals surface area contributed by atoms with Crippen molar-refractivity contribution in [3.63, 3.8) is 0 Å². The van der Waals surface area contributed by atoms with Gasteiger partial charge in [-0.3, -0.25) is 14.5 Å². The molecule has 1 heterocycles. The lowest BCUT2D eigenvalue weighted by Gasteiger charge is -2.29. The normalized spacial score (nSPS) is 17.0. The number of rotatable bonds is 7. The minimum Gasteiger partial charge on any atom is -0.493 e. The van der Waals surface area contributed by atoms with Crippen molar-refractivity contribution in [2.75, 3.05) is 25.2 Å². The first-order valence-electron chi connectivity index (χ1n) is 10.7. The minimum absolute atomic E-state index is 0.0659. The summed E-state index contributed by atoms with van der Waals surface area (Å²) in [6.45, 7) is 1.77. The van der Waals surface area contributed by atoms with Crippen LogP contribution >= 0.6 is 0 Å². The lowest BCUT2D eigenvalue weighted by Crippen LogP contribution is -2.45. The first-order chi connectivity index (χ1) is 15.0. The van der Waals surface area contributed by atoms with Crippen molar-refractivity contribution in [2.24, 2.45) is 0 Å². The molecule has 31 heavy (non-hydrogen) atoms. The molecule has 7 nitrogen and oxygen atoms in total. The molecule has 2 aromatic carbocycles. The molecular weight excluding hydrogens is 396 g/mol. The number of anilines is 1. The van der Waals surface area contributed by atoms with E-state index in [0.717, 1.165) is 24.2 Å². The highest BCUT2D eigenvalue weighted by Gasteiger charge is 2.27. The van der Waals surface area contributed by atoms with Gasteiger partial charge in [-0.05, 0) is 62.4 Å². The van der Waals surface area contributed by atoms with Gasteiger partial charge in [-0.1, -0.05) is 18.2 Å². The van der Waals surface area contributed by atoms with Crippen LogP contribution in [0, 0.1) is 0 Å². The van der Waals surface area contributed by atoms with Crippen LogP contribution in [0.25, 0.3) is 0 Å². The third-order valence-corrected chi connectivity index (χ3v) is 5.77. The summed E-state index contributed by atoms with van der Waals surface area (Å²) in [4.78, 5) is 26.5. The number of fused-ring (bicyclic) bond motifs is 1. The summed E-state index contributed by atoms with van der Waals surface area (Å²) in [6.07, 6.45) is 4.78. The number of carbonyl (C=O) groups excluding carboxylic acids is 2. The van der Waals surface area contributed by atoms with E-state index in [1.165, 1.54) is 17.7 Å². The lowest BCUT2D eigenvalue weighted by atomic mass is 10.1. The topological polar surface area (TPSA) is 77.1 Å². The average molecular weight is 424 g/mol. The molecule has 1 N–H and O–H groups in total. The Morgan fingerprint density at radius 2 is 1.97 bits per heavy atom. The number of amides is 2. The summed E-state index contributed by atoms with van der Waals surface area (Å²) in [5.41, 5.74) is 1.51. The van der Waals surface area contributed by atoms with Gasteiger partial charge < -0.3 is 19.5 Å². The van der Waals surface area contributed by atoms with Crippen LogP contribution in [0.15, 0.2) is 42.5 Å². The summed E-state index contributed by atoms with van der Waals surface area (Å²) >= 11 is 0. The zero-order valence-electron chi connectivity index (χ0n) is 17.9. The summed E-state index contributed by atoms with van der Waals surface area (Å²) in [7, 11) is 1.62. The quantitative estimate of drug-likeness (QED) is 0.735. The third kappa shape index (κ3) is 4.76. The largest absolute Gasteiger partial charge is 0.493 e. The van der Waals surface area contributed by atoms with Crippen molar-refractivity contribution in [1.82, 2.24) is 5.32 Å². The monoisotopic (exact) mass is 424 g/mol. The predicted molar refractivity (Wildman–Crippen MR) is 117 cm³/mol. The van der Waals surface area contributed by atoms with Gasteiger partial charge in [0.15, 0.2) is 18.1 Å². The molecule has 164 valence electrons. The molecular formula is C24H28N2O5. The molecule has 2 amide bonds. The van der Waals surface area contributed by atoms with Crippen LogP contribution in [0.2, 0.25) is 0 Å². The van der Waals surface area contributed by atoms with Crippen LogP contribution in [-0.2, 0) is 9.59 Å². The summed E-state index contributed by atoms with van der Waals surface area (Å²) in [5.74, 6) is 1.50. The highest BCUT2D eigenvalue weighted by Crippen LogP contribution is 2.34. The Balaban J connectivity index is 1.41. The Kier molecular flexibility index (Phi) is 6.30. The van der Waals surface area contributed by atoms with Gasteiger partial charge in [0.1, 0.15) is 12.3 Å². The molecule has 2 aliphatic rings. The second kappa shape index (κ2) is 9.29. The van der Waals surface area contributed by atoms with E-state index in [1.54, 1.807) is 19.2 Å². The van der Waals surface area contributed by atoms with Crippen LogP contribution < -0.4 is 24.4 Å². The second-order valence-electron chi connectivity index (χ2n) is 7.96. The van der Waals surface area contributed by atoms with E-state index in [2.05, 4.69) is 5.32 Å². The fraction of sp³-hybridized carbons (Fsp3) is 0.417. The zero-order valence-corrected chi connectivity index (χ0v) is 17.9. The number of carbonyl (C=O) groups is 2. The van der Waals surface area contributed by atoms with Crippen molar-refractivity contribution in [3.8, 4) is 17.2 Å². The zero-order chi connectivity index (χ0) is 21.8. The molecule has 7 heteroatoms. The third-order valence-electron chi connectivity index (χ3n) is 5.77. The fourth-order valence-electron chi connectivity index (χ4n) is 4.08. The first-order valence-corrected chi connectivity index (χ1v) is 10.7. The molecule has 1 unspecified atom stereocenters. The molecule has 4 rings (SSSR count). The van der Waals surface area contributed by atoms with Crippen LogP contribution in [-0.4, -0.2) is 38.2 Å². The smallest absolute Gasteiger partial charge is 0.265 e. The minimum atomic E-state index is -0.256. The van der Waals surface area contributed by atoms with E-state index in [9.17, 15) is 9.59 Å². The lowest BCUT2D eigenvalue weighted by molar-refractivity contribution is -0.125. The highest BCUT2D eigenvalue weighted by atomic mass is 16.5. The van der Waals surface area contributed by atoms with Crippen molar-refractivity contribution in [3.05, 3.63) is 48.0 Å². The van der Waals surface area contributed by atoms with Crippen molar-refractivity contribution >= 4 is 17.5 Å². The first kappa shape index (κ1) is 21.0. The molecule has 2 aromatic rings. The van der Waals surface area contributed by atoms with Crippen LogP contribution in [0.5, 0.6) is 17.2 Å². The van der Waals surface area contributed by atoms with Gasteiger partial charge >= 0.3 is 0 Å². The van der Waals surface area contributed by atoms with Gasteiger partial charge in [-0.15, -0.1) is 0 Å². The fourth-order valence-corrected chi connectivity index (χ4v) is 4.08. The Bertz CT molecular complexity index is 955. The summed E-state index contributed by atoms with van der Waals surface area (Å²) in [5, 5.41) is 2.97. The van der Waals surface area contributed by atoms with Crippen molar-refractivity contribution in [2.45, 2.75) is 44.8 Å². The molecule has 1 aliphatic heterocycles.